The van der Waals surface area contributed by atoms with Gasteiger partial charge in [0.2, 0.25) is 0 Å². The van der Waals surface area contributed by atoms with Crippen LogP contribution in [0.15, 0.2) is 18.2 Å². The molecule has 3 heteroatoms. The fraction of sp³-hybridized carbons (Fsp3) is 0.647. The molecule has 1 aromatic rings. The van der Waals surface area contributed by atoms with Crippen LogP contribution >= 0.6 is 23.2 Å². The van der Waals surface area contributed by atoms with Gasteiger partial charge in [-0.05, 0) is 54.6 Å². The first-order valence-electron chi connectivity index (χ1n) is 7.40. The van der Waals surface area contributed by atoms with Crippen molar-refractivity contribution in [2.75, 3.05) is 0 Å². The van der Waals surface area contributed by atoms with E-state index in [0.717, 1.165) is 31.2 Å². The molecule has 0 heterocycles. The van der Waals surface area contributed by atoms with Gasteiger partial charge in [-0.2, -0.15) is 0 Å². The lowest BCUT2D eigenvalue weighted by Gasteiger charge is -2.40. The van der Waals surface area contributed by atoms with E-state index in [1.54, 1.807) is 0 Å². The van der Waals surface area contributed by atoms with Gasteiger partial charge in [-0.25, -0.2) is 0 Å². The van der Waals surface area contributed by atoms with E-state index in [1.807, 2.05) is 18.2 Å². The van der Waals surface area contributed by atoms with Crippen molar-refractivity contribution < 1.29 is 5.11 Å². The molecule has 0 spiro atoms. The second-order valence-electron chi connectivity index (χ2n) is 7.12. The maximum absolute atomic E-state index is 10.3. The highest BCUT2D eigenvalue weighted by Gasteiger charge is 2.35. The van der Waals surface area contributed by atoms with E-state index in [1.165, 1.54) is 0 Å². The average molecular weight is 315 g/mol. The highest BCUT2D eigenvalue weighted by Crippen LogP contribution is 2.42. The fourth-order valence-corrected chi connectivity index (χ4v) is 3.64. The zero-order chi connectivity index (χ0) is 14.9. The van der Waals surface area contributed by atoms with E-state index in [0.29, 0.717) is 21.4 Å². The molecule has 0 saturated heterocycles. The van der Waals surface area contributed by atoms with Gasteiger partial charge < -0.3 is 5.11 Å². The molecule has 0 aromatic heterocycles. The minimum Gasteiger partial charge on any atom is -0.393 e. The third-order valence-corrected chi connectivity index (χ3v) is 5.54. The number of halogens is 2. The Hall–Kier alpha value is -0.240. The van der Waals surface area contributed by atoms with Crippen LogP contribution in [0.2, 0.25) is 10.0 Å². The Morgan fingerprint density at radius 2 is 1.90 bits per heavy atom. The van der Waals surface area contributed by atoms with Crippen LogP contribution in [-0.2, 0) is 6.42 Å². The highest BCUT2D eigenvalue weighted by molar-refractivity contribution is 6.42. The lowest BCUT2D eigenvalue weighted by Crippen LogP contribution is -2.35. The van der Waals surface area contributed by atoms with Crippen LogP contribution in [0.4, 0.5) is 0 Å². The van der Waals surface area contributed by atoms with Gasteiger partial charge in [0.25, 0.3) is 0 Å². The molecule has 1 aromatic carbocycles. The number of aliphatic hydroxyl groups excluding tert-OH is 1. The van der Waals surface area contributed by atoms with Crippen molar-refractivity contribution in [3.63, 3.8) is 0 Å². The molecule has 0 aliphatic heterocycles. The lowest BCUT2D eigenvalue weighted by atomic mass is 9.67. The summed E-state index contributed by atoms with van der Waals surface area (Å²) in [6.07, 6.45) is 3.67. The van der Waals surface area contributed by atoms with E-state index >= 15 is 0 Å². The van der Waals surface area contributed by atoms with Crippen molar-refractivity contribution >= 4 is 23.2 Å². The van der Waals surface area contributed by atoms with Crippen molar-refractivity contribution in [1.29, 1.82) is 0 Å². The Bertz CT molecular complexity index is 465. The largest absolute Gasteiger partial charge is 0.393 e. The van der Waals surface area contributed by atoms with Crippen molar-refractivity contribution in [3.05, 3.63) is 33.8 Å². The van der Waals surface area contributed by atoms with Crippen LogP contribution in [0.5, 0.6) is 0 Å². The molecule has 3 atom stereocenters. The SMILES string of the molecule is CC(C)(C)C1CCC(O)C(Cc2cccc(Cl)c2Cl)C1. The fourth-order valence-electron chi connectivity index (χ4n) is 3.24. The molecule has 2 rings (SSSR count). The van der Waals surface area contributed by atoms with Gasteiger partial charge in [0, 0.05) is 0 Å². The third kappa shape index (κ3) is 3.69. The van der Waals surface area contributed by atoms with E-state index in [9.17, 15) is 5.11 Å². The van der Waals surface area contributed by atoms with Crippen molar-refractivity contribution in [3.8, 4) is 0 Å². The summed E-state index contributed by atoms with van der Waals surface area (Å²) in [5, 5.41) is 11.5. The van der Waals surface area contributed by atoms with Gasteiger partial charge in [-0.3, -0.25) is 0 Å². The predicted molar refractivity (Wildman–Crippen MR) is 86.5 cm³/mol. The standard InChI is InChI=1S/C17H24Cl2O/c1-17(2,3)13-7-8-15(20)12(10-13)9-11-5-4-6-14(18)16(11)19/h4-6,12-13,15,20H,7-10H2,1-3H3. The molecule has 0 amide bonds. The molecule has 0 radical (unpaired) electrons. The normalized spacial score (nSPS) is 27.6. The second kappa shape index (κ2) is 6.25. The Labute approximate surface area is 132 Å². The Morgan fingerprint density at radius 1 is 1.20 bits per heavy atom. The lowest BCUT2D eigenvalue weighted by molar-refractivity contribution is 0.0196. The van der Waals surface area contributed by atoms with E-state index < -0.39 is 0 Å². The van der Waals surface area contributed by atoms with Crippen LogP contribution in [0.25, 0.3) is 0 Å². The minimum atomic E-state index is -0.219. The molecule has 1 nitrogen and oxygen atoms in total. The van der Waals surface area contributed by atoms with E-state index in [-0.39, 0.29) is 12.0 Å². The molecule has 1 fully saturated rings. The number of rotatable bonds is 2. The van der Waals surface area contributed by atoms with Crippen LogP contribution < -0.4 is 0 Å². The molecule has 20 heavy (non-hydrogen) atoms. The van der Waals surface area contributed by atoms with Crippen LogP contribution in [-0.4, -0.2) is 11.2 Å². The first-order chi connectivity index (χ1) is 9.29. The Morgan fingerprint density at radius 3 is 2.55 bits per heavy atom. The summed E-state index contributed by atoms with van der Waals surface area (Å²) in [5.74, 6) is 0.942. The molecular formula is C17H24Cl2O. The van der Waals surface area contributed by atoms with Crippen LogP contribution in [0.3, 0.4) is 0 Å². The Kier molecular flexibility index (Phi) is 5.05. The van der Waals surface area contributed by atoms with E-state index in [4.69, 9.17) is 23.2 Å². The van der Waals surface area contributed by atoms with E-state index in [2.05, 4.69) is 20.8 Å². The molecule has 112 valence electrons. The van der Waals surface area contributed by atoms with Crippen molar-refractivity contribution in [1.82, 2.24) is 0 Å². The predicted octanol–water partition coefficient (Wildman–Crippen LogP) is 5.36. The summed E-state index contributed by atoms with van der Waals surface area (Å²) >= 11 is 12.3. The number of hydrogen-bond donors (Lipinski definition) is 1. The molecule has 0 bridgehead atoms. The monoisotopic (exact) mass is 314 g/mol. The zero-order valence-corrected chi connectivity index (χ0v) is 14.0. The van der Waals surface area contributed by atoms with Gasteiger partial charge in [0.05, 0.1) is 16.1 Å². The smallest absolute Gasteiger partial charge is 0.0624 e. The summed E-state index contributed by atoms with van der Waals surface area (Å²) in [5.41, 5.74) is 1.36. The maximum Gasteiger partial charge on any atom is 0.0624 e. The summed E-state index contributed by atoms with van der Waals surface area (Å²) in [4.78, 5) is 0. The van der Waals surface area contributed by atoms with Crippen molar-refractivity contribution in [2.45, 2.75) is 52.6 Å². The number of aliphatic hydroxyl groups is 1. The number of benzene rings is 1. The second-order valence-corrected chi connectivity index (χ2v) is 7.91. The first-order valence-corrected chi connectivity index (χ1v) is 8.15. The topological polar surface area (TPSA) is 20.2 Å². The highest BCUT2D eigenvalue weighted by atomic mass is 35.5. The average Bonchev–Trinajstić information content (AvgIpc) is 2.36. The molecule has 3 unspecified atom stereocenters. The quantitative estimate of drug-likeness (QED) is 0.779. The van der Waals surface area contributed by atoms with Gasteiger partial charge >= 0.3 is 0 Å². The zero-order valence-electron chi connectivity index (χ0n) is 12.5. The molecule has 1 saturated carbocycles. The van der Waals surface area contributed by atoms with Crippen LogP contribution in [0, 0.1) is 17.3 Å². The first kappa shape index (κ1) is 16.1. The molecule has 1 aliphatic rings. The summed E-state index contributed by atoms with van der Waals surface area (Å²) < 4.78 is 0. The van der Waals surface area contributed by atoms with Gasteiger partial charge in [0.15, 0.2) is 0 Å². The van der Waals surface area contributed by atoms with Gasteiger partial charge in [-0.1, -0.05) is 56.1 Å². The van der Waals surface area contributed by atoms with Crippen molar-refractivity contribution in [2.24, 2.45) is 17.3 Å². The number of hydrogen-bond acceptors (Lipinski definition) is 1. The third-order valence-electron chi connectivity index (χ3n) is 4.68. The summed E-state index contributed by atoms with van der Waals surface area (Å²) in [6, 6.07) is 5.75. The molecule has 1 N–H and O–H groups in total. The van der Waals surface area contributed by atoms with Gasteiger partial charge in [0.1, 0.15) is 0 Å². The minimum absolute atomic E-state index is 0.219. The van der Waals surface area contributed by atoms with Gasteiger partial charge in [-0.15, -0.1) is 0 Å². The summed E-state index contributed by atoms with van der Waals surface area (Å²) in [7, 11) is 0. The molecule has 1 aliphatic carbocycles. The summed E-state index contributed by atoms with van der Waals surface area (Å²) in [6.45, 7) is 6.87. The Balaban J connectivity index is 2.12. The molecular weight excluding hydrogens is 291 g/mol. The maximum atomic E-state index is 10.3. The van der Waals surface area contributed by atoms with Crippen LogP contribution in [0.1, 0.15) is 45.6 Å².